The molecule has 0 spiro atoms. The molecule has 0 heterocycles. The van der Waals surface area contributed by atoms with Gasteiger partial charge in [-0.05, 0) is 42.3 Å². The summed E-state index contributed by atoms with van der Waals surface area (Å²) in [6.45, 7) is 2.44. The van der Waals surface area contributed by atoms with Crippen molar-refractivity contribution in [3.8, 4) is 5.75 Å². The Kier molecular flexibility index (Phi) is 6.77. The minimum Gasteiger partial charge on any atom is -0.462 e. The highest BCUT2D eigenvalue weighted by Gasteiger charge is 2.07. The maximum Gasteiger partial charge on any atom is 0.338 e. The van der Waals surface area contributed by atoms with Crippen molar-refractivity contribution < 1.29 is 19.1 Å². The molecule has 0 aliphatic rings. The van der Waals surface area contributed by atoms with Crippen molar-refractivity contribution in [2.45, 2.75) is 19.8 Å². The molecule has 0 saturated carbocycles. The van der Waals surface area contributed by atoms with E-state index in [0.717, 1.165) is 18.4 Å². The van der Waals surface area contributed by atoms with Crippen LogP contribution in [0.5, 0.6) is 5.75 Å². The Balaban J connectivity index is 1.88. The topological polar surface area (TPSA) is 52.6 Å². The van der Waals surface area contributed by atoms with Gasteiger partial charge in [-0.25, -0.2) is 9.59 Å². The highest BCUT2D eigenvalue weighted by atomic mass is 16.5. The summed E-state index contributed by atoms with van der Waals surface area (Å²) in [4.78, 5) is 23.5. The lowest BCUT2D eigenvalue weighted by molar-refractivity contribution is -0.128. The van der Waals surface area contributed by atoms with Gasteiger partial charge in [-0.2, -0.15) is 0 Å². The molecule has 0 aromatic heterocycles. The number of ether oxygens (including phenoxy) is 2. The van der Waals surface area contributed by atoms with E-state index in [2.05, 4.69) is 0 Å². The molecule has 2 rings (SSSR count). The minimum absolute atomic E-state index is 0.370. The first-order valence-corrected chi connectivity index (χ1v) is 7.91. The number of carbonyl (C=O) groups excluding carboxylic acids is 2. The summed E-state index contributed by atoms with van der Waals surface area (Å²) in [5.74, 6) is -0.467. The van der Waals surface area contributed by atoms with Crippen molar-refractivity contribution in [2.75, 3.05) is 6.61 Å². The van der Waals surface area contributed by atoms with E-state index in [4.69, 9.17) is 9.47 Å². The Bertz CT molecular complexity index is 687. The lowest BCUT2D eigenvalue weighted by Crippen LogP contribution is -2.07. The smallest absolute Gasteiger partial charge is 0.338 e. The minimum atomic E-state index is -0.475. The number of benzene rings is 2. The van der Waals surface area contributed by atoms with E-state index in [1.807, 2.05) is 37.3 Å². The van der Waals surface area contributed by atoms with Crippen molar-refractivity contribution in [2.24, 2.45) is 0 Å². The molecule has 0 aliphatic carbocycles. The van der Waals surface area contributed by atoms with Gasteiger partial charge in [0.2, 0.25) is 0 Å². The third kappa shape index (κ3) is 5.72. The average Bonchev–Trinajstić information content (AvgIpc) is 2.61. The van der Waals surface area contributed by atoms with E-state index in [1.54, 1.807) is 30.3 Å². The van der Waals surface area contributed by atoms with Crippen LogP contribution in [0.3, 0.4) is 0 Å². The highest BCUT2D eigenvalue weighted by Crippen LogP contribution is 2.14. The second kappa shape index (κ2) is 9.30. The lowest BCUT2D eigenvalue weighted by Gasteiger charge is -2.05. The highest BCUT2D eigenvalue weighted by molar-refractivity contribution is 5.90. The van der Waals surface area contributed by atoms with Crippen LogP contribution >= 0.6 is 0 Å². The quantitative estimate of drug-likeness (QED) is 0.330. The summed E-state index contributed by atoms with van der Waals surface area (Å²) in [7, 11) is 0. The number of rotatable bonds is 7. The first-order valence-electron chi connectivity index (χ1n) is 7.91. The summed E-state index contributed by atoms with van der Waals surface area (Å²) in [5.41, 5.74) is 1.35. The number of hydrogen-bond donors (Lipinski definition) is 0. The zero-order valence-electron chi connectivity index (χ0n) is 13.6. The maximum absolute atomic E-state index is 11.8. The summed E-state index contributed by atoms with van der Waals surface area (Å²) in [6.07, 6.45) is 4.86. The number of hydrogen-bond acceptors (Lipinski definition) is 4. The van der Waals surface area contributed by atoms with Crippen LogP contribution in [0.4, 0.5) is 0 Å². The van der Waals surface area contributed by atoms with E-state index in [9.17, 15) is 9.59 Å². The number of esters is 2. The van der Waals surface area contributed by atoms with Gasteiger partial charge in [0.15, 0.2) is 0 Å². The molecule has 0 radical (unpaired) electrons. The van der Waals surface area contributed by atoms with Crippen molar-refractivity contribution in [1.29, 1.82) is 0 Å². The second-order valence-electron chi connectivity index (χ2n) is 5.18. The molecule has 4 heteroatoms. The van der Waals surface area contributed by atoms with Crippen LogP contribution in [0.1, 0.15) is 35.7 Å². The average molecular weight is 324 g/mol. The first-order chi connectivity index (χ1) is 11.7. The van der Waals surface area contributed by atoms with Gasteiger partial charge >= 0.3 is 11.9 Å². The molecule has 0 bridgehead atoms. The SMILES string of the molecule is CCCCOC(=O)c1ccc(OC(=O)C=Cc2ccccc2)cc1. The van der Waals surface area contributed by atoms with Gasteiger partial charge in [0, 0.05) is 6.08 Å². The van der Waals surface area contributed by atoms with E-state index >= 15 is 0 Å². The third-order valence-corrected chi connectivity index (χ3v) is 3.25. The van der Waals surface area contributed by atoms with Crippen LogP contribution in [0.25, 0.3) is 6.08 Å². The van der Waals surface area contributed by atoms with Crippen LogP contribution in [-0.4, -0.2) is 18.5 Å². The summed E-state index contributed by atoms with van der Waals surface area (Å²) in [6, 6.07) is 15.8. The zero-order valence-corrected chi connectivity index (χ0v) is 13.6. The van der Waals surface area contributed by atoms with Crippen molar-refractivity contribution in [3.63, 3.8) is 0 Å². The molecule has 0 unspecified atom stereocenters. The van der Waals surface area contributed by atoms with Crippen molar-refractivity contribution in [1.82, 2.24) is 0 Å². The number of carbonyl (C=O) groups is 2. The lowest BCUT2D eigenvalue weighted by atomic mass is 10.2. The van der Waals surface area contributed by atoms with Crippen LogP contribution in [0.15, 0.2) is 60.7 Å². The molecular formula is C20H20O4. The molecule has 2 aromatic carbocycles. The fraction of sp³-hybridized carbons (Fsp3) is 0.200. The van der Waals surface area contributed by atoms with Gasteiger partial charge in [0.05, 0.1) is 12.2 Å². The van der Waals surface area contributed by atoms with Gasteiger partial charge in [0.25, 0.3) is 0 Å². The molecule has 0 aliphatic heterocycles. The molecule has 0 amide bonds. The van der Waals surface area contributed by atoms with E-state index in [0.29, 0.717) is 17.9 Å². The predicted octanol–water partition coefficient (Wildman–Crippen LogP) is 4.26. The Morgan fingerprint density at radius 2 is 1.71 bits per heavy atom. The normalized spacial score (nSPS) is 10.5. The van der Waals surface area contributed by atoms with E-state index in [-0.39, 0.29) is 5.97 Å². The Morgan fingerprint density at radius 3 is 2.38 bits per heavy atom. The van der Waals surface area contributed by atoms with Crippen molar-refractivity contribution in [3.05, 3.63) is 71.8 Å². The van der Waals surface area contributed by atoms with Gasteiger partial charge in [-0.1, -0.05) is 43.7 Å². The molecule has 0 fully saturated rings. The van der Waals surface area contributed by atoms with Crippen LogP contribution in [0, 0.1) is 0 Å². The summed E-state index contributed by atoms with van der Waals surface area (Å²) in [5, 5.41) is 0. The van der Waals surface area contributed by atoms with Gasteiger partial charge in [-0.3, -0.25) is 0 Å². The van der Waals surface area contributed by atoms with Gasteiger partial charge in [-0.15, -0.1) is 0 Å². The molecule has 2 aromatic rings. The zero-order chi connectivity index (χ0) is 17.2. The maximum atomic E-state index is 11.8. The summed E-state index contributed by atoms with van der Waals surface area (Å²) >= 11 is 0. The Hall–Kier alpha value is -2.88. The number of unbranched alkanes of at least 4 members (excludes halogenated alkanes) is 1. The van der Waals surface area contributed by atoms with E-state index < -0.39 is 5.97 Å². The predicted molar refractivity (Wildman–Crippen MR) is 92.7 cm³/mol. The second-order valence-corrected chi connectivity index (χ2v) is 5.18. The summed E-state index contributed by atoms with van der Waals surface area (Å²) < 4.78 is 10.3. The Labute approximate surface area is 141 Å². The van der Waals surface area contributed by atoms with Crippen LogP contribution in [0.2, 0.25) is 0 Å². The fourth-order valence-corrected chi connectivity index (χ4v) is 1.93. The van der Waals surface area contributed by atoms with Crippen molar-refractivity contribution >= 4 is 18.0 Å². The largest absolute Gasteiger partial charge is 0.462 e. The van der Waals surface area contributed by atoms with Gasteiger partial charge < -0.3 is 9.47 Å². The third-order valence-electron chi connectivity index (χ3n) is 3.25. The molecule has 24 heavy (non-hydrogen) atoms. The molecule has 0 saturated heterocycles. The molecule has 4 nitrogen and oxygen atoms in total. The van der Waals surface area contributed by atoms with E-state index in [1.165, 1.54) is 6.08 Å². The monoisotopic (exact) mass is 324 g/mol. The standard InChI is InChI=1S/C20H20O4/c1-2-3-15-23-20(22)17-10-12-18(13-11-17)24-19(21)14-9-16-7-5-4-6-8-16/h4-14H,2-3,15H2,1H3. The van der Waals surface area contributed by atoms with Crippen LogP contribution < -0.4 is 4.74 Å². The Morgan fingerprint density at radius 1 is 1.00 bits per heavy atom. The fourth-order valence-electron chi connectivity index (χ4n) is 1.93. The van der Waals surface area contributed by atoms with Crippen LogP contribution in [-0.2, 0) is 9.53 Å². The van der Waals surface area contributed by atoms with Gasteiger partial charge in [0.1, 0.15) is 5.75 Å². The molecule has 0 atom stereocenters. The first kappa shape index (κ1) is 17.5. The molecular weight excluding hydrogens is 304 g/mol. The molecule has 0 N–H and O–H groups in total. The molecule has 124 valence electrons.